The zero-order valence-electron chi connectivity index (χ0n) is 11.5. The molecule has 1 heterocycles. The quantitative estimate of drug-likeness (QED) is 0.812. The third kappa shape index (κ3) is 4.06. The number of hydrogen-bond acceptors (Lipinski definition) is 5. The fourth-order valence-corrected chi connectivity index (χ4v) is 2.53. The molecule has 0 spiro atoms. The summed E-state index contributed by atoms with van der Waals surface area (Å²) in [6.45, 7) is 4.64. The lowest BCUT2D eigenvalue weighted by atomic mass is 10.1. The van der Waals surface area contributed by atoms with Crippen LogP contribution in [0, 0.1) is 13.8 Å². The van der Waals surface area contributed by atoms with Gasteiger partial charge in [0.05, 0.1) is 17.3 Å². The maximum Gasteiger partial charge on any atom is 0.119 e. The molecule has 1 aromatic heterocycles. The number of carbonyl (C=O) groups is 1. The monoisotopic (exact) mass is 290 g/mol. The number of aryl methyl sites for hydroxylation is 2. The number of ether oxygens (including phenoxy) is 1. The van der Waals surface area contributed by atoms with E-state index in [-0.39, 0.29) is 6.42 Å². The second-order valence-electron chi connectivity index (χ2n) is 4.63. The first-order valence-corrected chi connectivity index (χ1v) is 7.26. The van der Waals surface area contributed by atoms with Crippen molar-refractivity contribution < 1.29 is 14.6 Å². The fourth-order valence-electron chi connectivity index (χ4n) is 1.75. The van der Waals surface area contributed by atoms with E-state index in [4.69, 9.17) is 4.74 Å². The molecule has 0 aliphatic carbocycles. The number of carbonyl (C=O) groups excluding carboxylic acids is 1. The lowest BCUT2D eigenvalue weighted by Gasteiger charge is -2.07. The first-order chi connectivity index (χ1) is 9.54. The Hall–Kier alpha value is -1.88. The van der Waals surface area contributed by atoms with Crippen molar-refractivity contribution in [2.75, 3.05) is 6.61 Å². The molecule has 0 fully saturated rings. The summed E-state index contributed by atoms with van der Waals surface area (Å²) < 4.78 is 5.67. The molecule has 2 aromatic rings. The minimum absolute atomic E-state index is 0.130. The Labute approximate surface area is 122 Å². The summed E-state index contributed by atoms with van der Waals surface area (Å²) in [4.78, 5) is 14.7. The molecule has 1 aromatic carbocycles. The standard InChI is InChI=1S/C15H17NO3S/c1-10-3-4-13(7-11(10)2)19-6-5-14-16-12(9-20-14)8-15(17)18/h3-4,7,9H,5-6,8H2,1-2H3,(H,17,18)/p-1. The van der Waals surface area contributed by atoms with E-state index in [1.54, 1.807) is 5.38 Å². The van der Waals surface area contributed by atoms with Crippen LogP contribution in [-0.2, 0) is 17.6 Å². The summed E-state index contributed by atoms with van der Waals surface area (Å²) in [5.74, 6) is -0.257. The molecular weight excluding hydrogens is 274 g/mol. The van der Waals surface area contributed by atoms with E-state index in [9.17, 15) is 9.90 Å². The lowest BCUT2D eigenvalue weighted by Crippen LogP contribution is -2.24. The normalized spacial score (nSPS) is 10.5. The highest BCUT2D eigenvalue weighted by Gasteiger charge is 2.03. The van der Waals surface area contributed by atoms with Crippen LogP contribution in [0.2, 0.25) is 0 Å². The van der Waals surface area contributed by atoms with Gasteiger partial charge in [0.2, 0.25) is 0 Å². The Morgan fingerprint density at radius 1 is 1.35 bits per heavy atom. The number of aromatic nitrogens is 1. The van der Waals surface area contributed by atoms with Crippen LogP contribution < -0.4 is 9.84 Å². The van der Waals surface area contributed by atoms with Gasteiger partial charge in [-0.2, -0.15) is 0 Å². The number of carboxylic acids is 1. The Bertz CT molecular complexity index is 607. The van der Waals surface area contributed by atoms with Gasteiger partial charge in [-0.25, -0.2) is 4.98 Å². The van der Waals surface area contributed by atoms with Crippen molar-refractivity contribution in [1.29, 1.82) is 0 Å². The van der Waals surface area contributed by atoms with E-state index in [2.05, 4.69) is 18.8 Å². The van der Waals surface area contributed by atoms with Crippen molar-refractivity contribution in [3.05, 3.63) is 45.4 Å². The third-order valence-electron chi connectivity index (χ3n) is 2.99. The van der Waals surface area contributed by atoms with Crippen molar-refractivity contribution in [1.82, 2.24) is 4.98 Å². The average molecular weight is 290 g/mol. The first kappa shape index (κ1) is 14.5. The highest BCUT2D eigenvalue weighted by Crippen LogP contribution is 2.17. The van der Waals surface area contributed by atoms with Gasteiger partial charge < -0.3 is 14.6 Å². The van der Waals surface area contributed by atoms with Crippen LogP contribution in [0.4, 0.5) is 0 Å². The summed E-state index contributed by atoms with van der Waals surface area (Å²) in [6.07, 6.45) is 0.541. The molecule has 0 atom stereocenters. The number of carboxylic acid groups (broad SMARTS) is 1. The van der Waals surface area contributed by atoms with E-state index in [0.29, 0.717) is 18.7 Å². The predicted octanol–water partition coefficient (Wildman–Crippen LogP) is 1.67. The number of rotatable bonds is 6. The van der Waals surface area contributed by atoms with Crippen LogP contribution >= 0.6 is 11.3 Å². The van der Waals surface area contributed by atoms with Gasteiger partial charge in [0.15, 0.2) is 0 Å². The average Bonchev–Trinajstić information content (AvgIpc) is 2.80. The predicted molar refractivity (Wildman–Crippen MR) is 75.9 cm³/mol. The summed E-state index contributed by atoms with van der Waals surface area (Å²) in [6, 6.07) is 6.00. The van der Waals surface area contributed by atoms with E-state index < -0.39 is 5.97 Å². The van der Waals surface area contributed by atoms with Crippen molar-refractivity contribution in [2.24, 2.45) is 0 Å². The minimum Gasteiger partial charge on any atom is -0.550 e. The van der Waals surface area contributed by atoms with Crippen LogP contribution in [0.5, 0.6) is 5.75 Å². The Morgan fingerprint density at radius 2 is 2.15 bits per heavy atom. The molecule has 0 aliphatic rings. The van der Waals surface area contributed by atoms with Gasteiger partial charge in [-0.3, -0.25) is 0 Å². The largest absolute Gasteiger partial charge is 0.550 e. The van der Waals surface area contributed by atoms with E-state index >= 15 is 0 Å². The second kappa shape index (κ2) is 6.52. The zero-order chi connectivity index (χ0) is 14.5. The van der Waals surface area contributed by atoms with Crippen molar-refractivity contribution in [2.45, 2.75) is 26.7 Å². The topological polar surface area (TPSA) is 62.2 Å². The van der Waals surface area contributed by atoms with Crippen molar-refractivity contribution >= 4 is 17.3 Å². The second-order valence-corrected chi connectivity index (χ2v) is 5.57. The van der Waals surface area contributed by atoms with Crippen LogP contribution in [0.25, 0.3) is 0 Å². The molecule has 0 bridgehead atoms. The molecule has 0 radical (unpaired) electrons. The Morgan fingerprint density at radius 3 is 2.85 bits per heavy atom. The highest BCUT2D eigenvalue weighted by molar-refractivity contribution is 7.09. The van der Waals surface area contributed by atoms with Gasteiger partial charge in [-0.15, -0.1) is 11.3 Å². The molecule has 20 heavy (non-hydrogen) atoms. The minimum atomic E-state index is -1.10. The summed E-state index contributed by atoms with van der Waals surface area (Å²) in [5.41, 5.74) is 2.99. The van der Waals surface area contributed by atoms with E-state index in [0.717, 1.165) is 10.8 Å². The van der Waals surface area contributed by atoms with E-state index in [1.807, 2.05) is 18.2 Å². The maximum atomic E-state index is 10.5. The zero-order valence-corrected chi connectivity index (χ0v) is 12.3. The lowest BCUT2D eigenvalue weighted by molar-refractivity contribution is -0.304. The number of aliphatic carboxylic acids is 1. The van der Waals surface area contributed by atoms with Crippen LogP contribution in [-0.4, -0.2) is 17.6 Å². The molecule has 0 saturated carbocycles. The molecule has 2 rings (SSSR count). The number of nitrogens with zero attached hydrogens (tertiary/aromatic N) is 1. The number of thiazole rings is 1. The molecule has 0 saturated heterocycles. The van der Waals surface area contributed by atoms with Gasteiger partial charge in [0.25, 0.3) is 0 Å². The van der Waals surface area contributed by atoms with Crippen LogP contribution in [0.15, 0.2) is 23.6 Å². The van der Waals surface area contributed by atoms with Crippen LogP contribution in [0.1, 0.15) is 21.8 Å². The summed E-state index contributed by atoms with van der Waals surface area (Å²) >= 11 is 1.45. The highest BCUT2D eigenvalue weighted by atomic mass is 32.1. The van der Waals surface area contributed by atoms with Gasteiger partial charge in [-0.1, -0.05) is 6.07 Å². The van der Waals surface area contributed by atoms with Crippen molar-refractivity contribution in [3.8, 4) is 5.75 Å². The molecule has 0 N–H and O–H groups in total. The van der Waals surface area contributed by atoms with Gasteiger partial charge in [0, 0.05) is 24.2 Å². The maximum absolute atomic E-state index is 10.5. The summed E-state index contributed by atoms with van der Waals surface area (Å²) in [5, 5.41) is 13.1. The van der Waals surface area contributed by atoms with Gasteiger partial charge in [-0.05, 0) is 37.1 Å². The number of hydrogen-bond donors (Lipinski definition) is 0. The number of benzene rings is 1. The molecule has 0 aliphatic heterocycles. The third-order valence-corrected chi connectivity index (χ3v) is 3.95. The molecule has 4 nitrogen and oxygen atoms in total. The molecule has 0 amide bonds. The fraction of sp³-hybridized carbons (Fsp3) is 0.333. The Balaban J connectivity index is 1.84. The first-order valence-electron chi connectivity index (χ1n) is 6.38. The molecule has 106 valence electrons. The van der Waals surface area contributed by atoms with Crippen molar-refractivity contribution in [3.63, 3.8) is 0 Å². The van der Waals surface area contributed by atoms with E-state index in [1.165, 1.54) is 22.5 Å². The Kier molecular flexibility index (Phi) is 4.74. The van der Waals surface area contributed by atoms with Crippen LogP contribution in [0.3, 0.4) is 0 Å². The molecule has 0 unspecified atom stereocenters. The SMILES string of the molecule is Cc1ccc(OCCc2nc(CC(=O)[O-])cs2)cc1C. The molecule has 5 heteroatoms. The van der Waals surface area contributed by atoms with Gasteiger partial charge in [0.1, 0.15) is 5.75 Å². The van der Waals surface area contributed by atoms with Gasteiger partial charge >= 0.3 is 0 Å². The molecular formula is C15H16NO3S-. The smallest absolute Gasteiger partial charge is 0.119 e. The summed E-state index contributed by atoms with van der Waals surface area (Å²) in [7, 11) is 0.